The molecular formula is C23H24NO5+. The van der Waals surface area contributed by atoms with Crippen molar-refractivity contribution >= 4 is 11.0 Å². The van der Waals surface area contributed by atoms with Crippen LogP contribution < -0.4 is 10.5 Å². The summed E-state index contributed by atoms with van der Waals surface area (Å²) < 4.78 is 17.1. The van der Waals surface area contributed by atoms with Crippen molar-refractivity contribution in [1.29, 1.82) is 0 Å². The van der Waals surface area contributed by atoms with Gasteiger partial charge in [0.05, 0.1) is 39.1 Å². The molecule has 0 saturated carbocycles. The average molecular weight is 394 g/mol. The fraction of sp³-hybridized carbons (Fsp3) is 0.348. The van der Waals surface area contributed by atoms with Gasteiger partial charge >= 0.3 is 5.63 Å². The van der Waals surface area contributed by atoms with E-state index in [4.69, 9.17) is 13.9 Å². The molecule has 150 valence electrons. The summed E-state index contributed by atoms with van der Waals surface area (Å²) in [5, 5.41) is 11.4. The SMILES string of the molecule is O=c1cc(C[NH+]2CCC3(CC2)OCCO3)c2cc(O)c(-c3ccccc3)cc2o1. The van der Waals surface area contributed by atoms with Gasteiger partial charge in [0.15, 0.2) is 5.79 Å². The molecule has 0 unspecified atom stereocenters. The number of likely N-dealkylation sites (tertiary alicyclic amines) is 1. The highest BCUT2D eigenvalue weighted by atomic mass is 16.7. The first-order valence-corrected chi connectivity index (χ1v) is 10.1. The number of hydrogen-bond acceptors (Lipinski definition) is 5. The maximum absolute atomic E-state index is 12.2. The second kappa shape index (κ2) is 7.30. The lowest BCUT2D eigenvalue weighted by atomic mass is 9.99. The number of rotatable bonds is 3. The van der Waals surface area contributed by atoms with E-state index < -0.39 is 5.79 Å². The maximum Gasteiger partial charge on any atom is 0.336 e. The van der Waals surface area contributed by atoms with Crippen LogP contribution in [0.1, 0.15) is 18.4 Å². The van der Waals surface area contributed by atoms with Crippen LogP contribution in [0.2, 0.25) is 0 Å². The lowest BCUT2D eigenvalue weighted by Gasteiger charge is -2.35. The third kappa shape index (κ3) is 3.55. The standard InChI is InChI=1S/C23H23NO5/c25-20-13-19-17(15-24-8-6-23(7-9-24)27-10-11-28-23)12-22(26)29-21(19)14-18(20)16-4-2-1-3-5-16/h1-5,12-14,25H,6-11,15H2/p+1. The van der Waals surface area contributed by atoms with Crippen LogP contribution in [0.4, 0.5) is 0 Å². The number of hydrogen-bond donors (Lipinski definition) is 2. The molecule has 6 heteroatoms. The van der Waals surface area contributed by atoms with Crippen LogP contribution in [0.25, 0.3) is 22.1 Å². The topological polar surface area (TPSA) is 73.3 Å². The molecule has 2 aliphatic heterocycles. The van der Waals surface area contributed by atoms with Gasteiger partial charge in [-0.3, -0.25) is 0 Å². The van der Waals surface area contributed by atoms with E-state index in [1.807, 2.05) is 30.3 Å². The third-order valence-electron chi connectivity index (χ3n) is 6.00. The van der Waals surface area contributed by atoms with Gasteiger partial charge in [0.1, 0.15) is 17.9 Å². The van der Waals surface area contributed by atoms with E-state index in [0.717, 1.165) is 42.4 Å². The van der Waals surface area contributed by atoms with E-state index in [1.165, 1.54) is 4.90 Å². The lowest BCUT2D eigenvalue weighted by Crippen LogP contribution is -3.12. The summed E-state index contributed by atoms with van der Waals surface area (Å²) in [5.74, 6) is -0.219. The van der Waals surface area contributed by atoms with Crippen LogP contribution in [-0.2, 0) is 16.0 Å². The number of fused-ring (bicyclic) bond motifs is 1. The van der Waals surface area contributed by atoms with Crippen molar-refractivity contribution in [3.63, 3.8) is 0 Å². The number of quaternary nitrogens is 1. The Labute approximate surface area is 168 Å². The number of phenols is 1. The van der Waals surface area contributed by atoms with Gasteiger partial charge in [-0.25, -0.2) is 4.79 Å². The van der Waals surface area contributed by atoms with Gasteiger partial charge in [0.25, 0.3) is 0 Å². The molecule has 3 aromatic rings. The third-order valence-corrected chi connectivity index (χ3v) is 6.00. The van der Waals surface area contributed by atoms with E-state index >= 15 is 0 Å². The van der Waals surface area contributed by atoms with E-state index in [1.54, 1.807) is 18.2 Å². The van der Waals surface area contributed by atoms with E-state index in [0.29, 0.717) is 30.9 Å². The summed E-state index contributed by atoms with van der Waals surface area (Å²) in [6, 6.07) is 14.6. The molecule has 2 fully saturated rings. The molecule has 1 aromatic heterocycles. The summed E-state index contributed by atoms with van der Waals surface area (Å²) in [5.41, 5.74) is 2.56. The first-order chi connectivity index (χ1) is 14.1. The molecule has 0 amide bonds. The zero-order valence-corrected chi connectivity index (χ0v) is 16.1. The van der Waals surface area contributed by atoms with Crippen molar-refractivity contribution in [2.75, 3.05) is 26.3 Å². The quantitative estimate of drug-likeness (QED) is 0.666. The molecule has 6 nitrogen and oxygen atoms in total. The van der Waals surface area contributed by atoms with Crippen LogP contribution in [0, 0.1) is 0 Å². The average Bonchev–Trinajstić information content (AvgIpc) is 3.19. The van der Waals surface area contributed by atoms with Crippen molar-refractivity contribution in [2.45, 2.75) is 25.2 Å². The predicted octanol–water partition coefficient (Wildman–Crippen LogP) is 2.09. The minimum absolute atomic E-state index is 0.180. The van der Waals surface area contributed by atoms with Crippen molar-refractivity contribution in [1.82, 2.24) is 0 Å². The Bertz CT molecular complexity index is 1080. The molecule has 0 aliphatic carbocycles. The van der Waals surface area contributed by atoms with Crippen LogP contribution in [0.5, 0.6) is 5.75 Å². The molecule has 5 rings (SSSR count). The Balaban J connectivity index is 1.45. The van der Waals surface area contributed by atoms with Gasteiger partial charge in [-0.2, -0.15) is 0 Å². The number of phenolic OH excluding ortho intramolecular Hbond substituents is 1. The molecule has 2 aromatic carbocycles. The molecule has 3 heterocycles. The Morgan fingerprint density at radius 3 is 2.45 bits per heavy atom. The normalized spacial score (nSPS) is 19.2. The Hall–Kier alpha value is -2.67. The number of aromatic hydroxyl groups is 1. The summed E-state index contributed by atoms with van der Waals surface area (Å²) in [6.07, 6.45) is 1.70. The Morgan fingerprint density at radius 2 is 1.72 bits per heavy atom. The first kappa shape index (κ1) is 18.4. The number of benzene rings is 2. The Morgan fingerprint density at radius 1 is 1.00 bits per heavy atom. The highest BCUT2D eigenvalue weighted by molar-refractivity contribution is 5.88. The zero-order valence-electron chi connectivity index (χ0n) is 16.1. The molecule has 0 atom stereocenters. The smallest absolute Gasteiger partial charge is 0.336 e. The maximum atomic E-state index is 12.2. The lowest BCUT2D eigenvalue weighted by molar-refractivity contribution is -0.922. The van der Waals surface area contributed by atoms with Crippen LogP contribution >= 0.6 is 0 Å². The second-order valence-corrected chi connectivity index (χ2v) is 7.86. The van der Waals surface area contributed by atoms with Gasteiger partial charge in [0.2, 0.25) is 0 Å². The molecule has 0 bridgehead atoms. The van der Waals surface area contributed by atoms with Crippen LogP contribution in [0.15, 0.2) is 57.7 Å². The van der Waals surface area contributed by atoms with Crippen molar-refractivity contribution in [2.24, 2.45) is 0 Å². The summed E-state index contributed by atoms with van der Waals surface area (Å²) in [7, 11) is 0. The fourth-order valence-electron chi connectivity index (χ4n) is 4.47. The summed E-state index contributed by atoms with van der Waals surface area (Å²) >= 11 is 0. The van der Waals surface area contributed by atoms with Gasteiger partial charge in [0, 0.05) is 22.6 Å². The van der Waals surface area contributed by atoms with Crippen molar-refractivity contribution in [3.05, 3.63) is 64.5 Å². The minimum Gasteiger partial charge on any atom is -0.507 e. The largest absolute Gasteiger partial charge is 0.507 e. The van der Waals surface area contributed by atoms with Crippen molar-refractivity contribution in [3.8, 4) is 16.9 Å². The van der Waals surface area contributed by atoms with E-state index in [9.17, 15) is 9.90 Å². The van der Waals surface area contributed by atoms with Gasteiger partial charge in [-0.05, 0) is 17.7 Å². The second-order valence-electron chi connectivity index (χ2n) is 7.86. The zero-order chi connectivity index (χ0) is 19.8. The molecule has 2 aliphatic rings. The van der Waals surface area contributed by atoms with Gasteiger partial charge < -0.3 is 23.9 Å². The molecule has 2 saturated heterocycles. The molecule has 29 heavy (non-hydrogen) atoms. The minimum atomic E-state index is -0.399. The van der Waals surface area contributed by atoms with Crippen molar-refractivity contribution < 1.29 is 23.9 Å². The molecule has 0 radical (unpaired) electrons. The number of ether oxygens (including phenoxy) is 2. The van der Waals surface area contributed by atoms with E-state index in [2.05, 4.69) is 0 Å². The molecule has 2 N–H and O–H groups in total. The number of piperidine rings is 1. The highest BCUT2D eigenvalue weighted by Gasteiger charge is 2.41. The number of nitrogens with one attached hydrogen (secondary N) is 1. The van der Waals surface area contributed by atoms with Crippen LogP contribution in [-0.4, -0.2) is 37.2 Å². The highest BCUT2D eigenvalue weighted by Crippen LogP contribution is 2.34. The monoisotopic (exact) mass is 394 g/mol. The Kier molecular flexibility index (Phi) is 4.62. The molecular weight excluding hydrogens is 370 g/mol. The predicted molar refractivity (Wildman–Crippen MR) is 108 cm³/mol. The molecule has 1 spiro atoms. The van der Waals surface area contributed by atoms with Gasteiger partial charge in [-0.15, -0.1) is 0 Å². The summed E-state index contributed by atoms with van der Waals surface area (Å²) in [6.45, 7) is 3.86. The fourth-order valence-corrected chi connectivity index (χ4v) is 4.47. The summed E-state index contributed by atoms with van der Waals surface area (Å²) in [4.78, 5) is 13.6. The van der Waals surface area contributed by atoms with Crippen LogP contribution in [0.3, 0.4) is 0 Å². The van der Waals surface area contributed by atoms with Gasteiger partial charge in [-0.1, -0.05) is 30.3 Å². The van der Waals surface area contributed by atoms with E-state index in [-0.39, 0.29) is 11.4 Å². The first-order valence-electron chi connectivity index (χ1n) is 10.1.